The fourth-order valence-electron chi connectivity index (χ4n) is 1.74. The van der Waals surface area contributed by atoms with Crippen molar-refractivity contribution in [1.29, 1.82) is 0 Å². The molecule has 0 radical (unpaired) electrons. The monoisotopic (exact) mass is 257 g/mol. The number of hydrogen-bond acceptors (Lipinski definition) is 3. The van der Waals surface area contributed by atoms with Crippen LogP contribution >= 0.6 is 0 Å². The third-order valence-corrected chi connectivity index (χ3v) is 2.82. The van der Waals surface area contributed by atoms with Gasteiger partial charge in [-0.25, -0.2) is 9.59 Å². The van der Waals surface area contributed by atoms with Crippen molar-refractivity contribution in [3.05, 3.63) is 0 Å². The standard InChI is InChI=1S/C11H19N3O4/c1-6(2)9(10(16)17)14-11(18)13-7-3-4-8(15)12-5-7/h6-7,9H,3-5H2,1-2H3,(H,12,15)(H,16,17)(H2,13,14,18)/t7?,9-/m0/s1. The van der Waals surface area contributed by atoms with E-state index in [4.69, 9.17) is 5.11 Å². The second-order valence-corrected chi connectivity index (χ2v) is 4.72. The maximum absolute atomic E-state index is 11.6. The number of rotatable bonds is 4. The molecule has 7 heteroatoms. The van der Waals surface area contributed by atoms with Gasteiger partial charge in [-0.15, -0.1) is 0 Å². The number of amides is 3. The minimum atomic E-state index is -1.06. The molecular formula is C11H19N3O4. The molecule has 0 aromatic heterocycles. The highest BCUT2D eigenvalue weighted by Gasteiger charge is 2.25. The predicted octanol–water partition coefficient (Wildman–Crippen LogP) is -0.327. The van der Waals surface area contributed by atoms with E-state index in [2.05, 4.69) is 16.0 Å². The van der Waals surface area contributed by atoms with E-state index in [1.165, 1.54) is 0 Å². The minimum absolute atomic E-state index is 0.0287. The van der Waals surface area contributed by atoms with Crippen molar-refractivity contribution >= 4 is 17.9 Å². The highest BCUT2D eigenvalue weighted by Crippen LogP contribution is 2.04. The van der Waals surface area contributed by atoms with Crippen LogP contribution in [-0.2, 0) is 9.59 Å². The predicted molar refractivity (Wildman–Crippen MR) is 64.0 cm³/mol. The number of aliphatic carboxylic acids is 1. The average Bonchev–Trinajstić information content (AvgIpc) is 2.28. The summed E-state index contributed by atoms with van der Waals surface area (Å²) in [6, 6.07) is -1.58. The normalized spacial score (nSPS) is 21.1. The van der Waals surface area contributed by atoms with Gasteiger partial charge in [-0.3, -0.25) is 4.79 Å². The van der Waals surface area contributed by atoms with Crippen LogP contribution in [0.25, 0.3) is 0 Å². The molecule has 1 rings (SSSR count). The van der Waals surface area contributed by atoms with Gasteiger partial charge in [0, 0.05) is 19.0 Å². The van der Waals surface area contributed by atoms with E-state index in [-0.39, 0.29) is 17.9 Å². The summed E-state index contributed by atoms with van der Waals surface area (Å²) < 4.78 is 0. The maximum Gasteiger partial charge on any atom is 0.326 e. The Hall–Kier alpha value is -1.79. The number of urea groups is 1. The van der Waals surface area contributed by atoms with E-state index in [0.717, 1.165) is 0 Å². The lowest BCUT2D eigenvalue weighted by Gasteiger charge is -2.25. The van der Waals surface area contributed by atoms with Crippen molar-refractivity contribution in [2.24, 2.45) is 5.92 Å². The highest BCUT2D eigenvalue weighted by molar-refractivity contribution is 5.83. The lowest BCUT2D eigenvalue weighted by molar-refractivity contribution is -0.140. The number of carboxylic acids is 1. The van der Waals surface area contributed by atoms with E-state index in [9.17, 15) is 14.4 Å². The molecule has 1 heterocycles. The second-order valence-electron chi connectivity index (χ2n) is 4.72. The SMILES string of the molecule is CC(C)[C@H](NC(=O)NC1CCC(=O)NC1)C(=O)O. The summed E-state index contributed by atoms with van der Waals surface area (Å²) >= 11 is 0. The number of nitrogens with one attached hydrogen (secondary N) is 3. The zero-order valence-corrected chi connectivity index (χ0v) is 10.5. The van der Waals surface area contributed by atoms with E-state index < -0.39 is 18.0 Å². The zero-order valence-electron chi connectivity index (χ0n) is 10.5. The fraction of sp³-hybridized carbons (Fsp3) is 0.727. The molecule has 0 aromatic rings. The quantitative estimate of drug-likeness (QED) is 0.553. The third kappa shape index (κ3) is 4.23. The number of piperidine rings is 1. The number of carboxylic acid groups (broad SMARTS) is 1. The molecule has 0 aliphatic carbocycles. The molecule has 2 atom stereocenters. The molecule has 3 amide bonds. The summed E-state index contributed by atoms with van der Waals surface area (Å²) in [6.45, 7) is 3.82. The van der Waals surface area contributed by atoms with Crippen molar-refractivity contribution in [3.63, 3.8) is 0 Å². The molecule has 1 aliphatic rings. The van der Waals surface area contributed by atoms with Gasteiger partial charge in [0.2, 0.25) is 5.91 Å². The smallest absolute Gasteiger partial charge is 0.326 e. The summed E-state index contributed by atoms with van der Waals surface area (Å²) in [5, 5.41) is 16.6. The minimum Gasteiger partial charge on any atom is -0.480 e. The molecule has 4 N–H and O–H groups in total. The largest absolute Gasteiger partial charge is 0.480 e. The molecule has 1 saturated heterocycles. The molecule has 1 fully saturated rings. The van der Waals surface area contributed by atoms with Crippen molar-refractivity contribution < 1.29 is 19.5 Å². The molecule has 102 valence electrons. The van der Waals surface area contributed by atoms with Gasteiger partial charge in [-0.05, 0) is 12.3 Å². The van der Waals surface area contributed by atoms with Gasteiger partial charge >= 0.3 is 12.0 Å². The van der Waals surface area contributed by atoms with E-state index >= 15 is 0 Å². The van der Waals surface area contributed by atoms with E-state index in [0.29, 0.717) is 19.4 Å². The van der Waals surface area contributed by atoms with Gasteiger partial charge in [0.1, 0.15) is 6.04 Å². The van der Waals surface area contributed by atoms with Crippen molar-refractivity contribution in [2.75, 3.05) is 6.54 Å². The van der Waals surface area contributed by atoms with E-state index in [1.54, 1.807) is 13.8 Å². The lowest BCUT2D eigenvalue weighted by Crippen LogP contribution is -2.54. The Morgan fingerprint density at radius 2 is 2.11 bits per heavy atom. The Bertz CT molecular complexity index is 333. The Labute approximate surface area is 105 Å². The van der Waals surface area contributed by atoms with Crippen LogP contribution in [0.4, 0.5) is 4.79 Å². The number of carbonyl (C=O) groups excluding carboxylic acids is 2. The molecule has 1 aliphatic heterocycles. The summed E-state index contributed by atoms with van der Waals surface area (Å²) in [5.41, 5.74) is 0. The number of hydrogen-bond donors (Lipinski definition) is 4. The molecule has 7 nitrogen and oxygen atoms in total. The molecule has 1 unspecified atom stereocenters. The van der Waals surface area contributed by atoms with Crippen LogP contribution < -0.4 is 16.0 Å². The lowest BCUT2D eigenvalue weighted by atomic mass is 10.0. The van der Waals surface area contributed by atoms with Gasteiger partial charge in [0.25, 0.3) is 0 Å². The fourth-order valence-corrected chi connectivity index (χ4v) is 1.74. The van der Waals surface area contributed by atoms with E-state index in [1.807, 2.05) is 0 Å². The topological polar surface area (TPSA) is 108 Å². The molecule has 0 aromatic carbocycles. The van der Waals surface area contributed by atoms with Gasteiger partial charge in [-0.2, -0.15) is 0 Å². The Morgan fingerprint density at radius 3 is 2.56 bits per heavy atom. The molecule has 0 saturated carbocycles. The first-order valence-electron chi connectivity index (χ1n) is 5.96. The Morgan fingerprint density at radius 1 is 1.44 bits per heavy atom. The van der Waals surface area contributed by atoms with Crippen molar-refractivity contribution in [1.82, 2.24) is 16.0 Å². The van der Waals surface area contributed by atoms with Crippen LogP contribution in [-0.4, -0.2) is 41.6 Å². The average molecular weight is 257 g/mol. The van der Waals surface area contributed by atoms with Crippen molar-refractivity contribution in [2.45, 2.75) is 38.8 Å². The van der Waals surface area contributed by atoms with Gasteiger partial charge < -0.3 is 21.1 Å². The molecule has 0 spiro atoms. The van der Waals surface area contributed by atoms with Crippen LogP contribution in [0, 0.1) is 5.92 Å². The van der Waals surface area contributed by atoms with Crippen LogP contribution in [0.3, 0.4) is 0 Å². The summed E-state index contributed by atoms with van der Waals surface area (Å²) in [6.07, 6.45) is 0.941. The van der Waals surface area contributed by atoms with Crippen LogP contribution in [0.5, 0.6) is 0 Å². The number of carbonyl (C=O) groups is 3. The molecule has 0 bridgehead atoms. The Kier molecular flexibility index (Phi) is 4.94. The maximum atomic E-state index is 11.6. The third-order valence-electron chi connectivity index (χ3n) is 2.82. The highest BCUT2D eigenvalue weighted by atomic mass is 16.4. The van der Waals surface area contributed by atoms with Crippen LogP contribution in [0.15, 0.2) is 0 Å². The van der Waals surface area contributed by atoms with Gasteiger partial charge in [0.05, 0.1) is 0 Å². The zero-order chi connectivity index (χ0) is 13.7. The Balaban J connectivity index is 2.41. The van der Waals surface area contributed by atoms with Crippen molar-refractivity contribution in [3.8, 4) is 0 Å². The summed E-state index contributed by atoms with van der Waals surface area (Å²) in [4.78, 5) is 33.5. The summed E-state index contributed by atoms with van der Waals surface area (Å²) in [5.74, 6) is -1.28. The van der Waals surface area contributed by atoms with Crippen LogP contribution in [0.1, 0.15) is 26.7 Å². The first-order valence-corrected chi connectivity index (χ1v) is 5.96. The van der Waals surface area contributed by atoms with Crippen LogP contribution in [0.2, 0.25) is 0 Å². The second kappa shape index (κ2) is 6.23. The van der Waals surface area contributed by atoms with Gasteiger partial charge in [0.15, 0.2) is 0 Å². The molecular weight excluding hydrogens is 238 g/mol. The molecule has 18 heavy (non-hydrogen) atoms. The van der Waals surface area contributed by atoms with Gasteiger partial charge in [-0.1, -0.05) is 13.8 Å². The first-order chi connectivity index (χ1) is 8.40. The first kappa shape index (κ1) is 14.3. The summed E-state index contributed by atoms with van der Waals surface area (Å²) in [7, 11) is 0.